The van der Waals surface area contributed by atoms with Gasteiger partial charge in [-0.25, -0.2) is 14.8 Å². The predicted molar refractivity (Wildman–Crippen MR) is 115 cm³/mol. The van der Waals surface area contributed by atoms with Gasteiger partial charge in [0, 0.05) is 17.4 Å². The Bertz CT molecular complexity index is 1080. The fourth-order valence-corrected chi connectivity index (χ4v) is 3.70. The Morgan fingerprint density at radius 2 is 2.00 bits per heavy atom. The zero-order chi connectivity index (χ0) is 19.9. The summed E-state index contributed by atoms with van der Waals surface area (Å²) in [7, 11) is 1.65. The van der Waals surface area contributed by atoms with Crippen LogP contribution in [0.2, 0.25) is 0 Å². The number of anilines is 2. The molecule has 1 aliphatic rings. The second-order valence-electron chi connectivity index (χ2n) is 7.55. The van der Waals surface area contributed by atoms with Gasteiger partial charge in [0.05, 0.1) is 18.4 Å². The molecular weight excluding hydrogens is 390 g/mol. The Kier molecular flexibility index (Phi) is 5.48. The van der Waals surface area contributed by atoms with E-state index < -0.39 is 5.97 Å². The molecule has 0 spiro atoms. The number of carbonyl (C=O) groups is 1. The van der Waals surface area contributed by atoms with Crippen molar-refractivity contribution >= 4 is 30.0 Å². The van der Waals surface area contributed by atoms with Gasteiger partial charge in [-0.3, -0.25) is 0 Å². The minimum atomic E-state index is -0.974. The average molecular weight is 412 g/mol. The molecule has 0 saturated heterocycles. The van der Waals surface area contributed by atoms with E-state index in [0.717, 1.165) is 29.0 Å². The normalized spacial score (nSPS) is 13.5. The number of halogens is 1. The molecule has 0 atom stereocenters. The van der Waals surface area contributed by atoms with E-state index in [4.69, 9.17) is 9.72 Å². The molecule has 0 aliphatic heterocycles. The maximum atomic E-state index is 11.2. The molecule has 2 N–H and O–H groups in total. The lowest BCUT2D eigenvalue weighted by Crippen LogP contribution is -2.26. The number of carboxylic acids is 1. The summed E-state index contributed by atoms with van der Waals surface area (Å²) >= 11 is 0. The molecule has 29 heavy (non-hydrogen) atoms. The van der Waals surface area contributed by atoms with Crippen LogP contribution in [0.5, 0.6) is 5.75 Å². The molecule has 1 aromatic heterocycles. The Morgan fingerprint density at radius 3 is 2.72 bits per heavy atom. The smallest absolute Gasteiger partial charge is 0.335 e. The van der Waals surface area contributed by atoms with Crippen LogP contribution >= 0.6 is 12.4 Å². The van der Waals surface area contributed by atoms with E-state index in [9.17, 15) is 9.90 Å². The molecule has 0 radical (unpaired) electrons. The maximum absolute atomic E-state index is 11.2. The van der Waals surface area contributed by atoms with Crippen molar-refractivity contribution in [3.05, 3.63) is 65.4 Å². The number of aromatic nitrogens is 2. The molecule has 0 bridgehead atoms. The van der Waals surface area contributed by atoms with Gasteiger partial charge in [0.2, 0.25) is 5.95 Å². The highest BCUT2D eigenvalue weighted by Gasteiger charge is 2.32. The second-order valence-corrected chi connectivity index (χ2v) is 7.55. The van der Waals surface area contributed by atoms with E-state index in [0.29, 0.717) is 11.6 Å². The zero-order valence-electron chi connectivity index (χ0n) is 16.4. The zero-order valence-corrected chi connectivity index (χ0v) is 17.2. The van der Waals surface area contributed by atoms with E-state index >= 15 is 0 Å². The lowest BCUT2D eigenvalue weighted by Gasteiger charge is -2.33. The molecule has 0 unspecified atom stereocenters. The number of hydrogen-bond acceptors (Lipinski definition) is 5. The van der Waals surface area contributed by atoms with Crippen LogP contribution in [-0.2, 0) is 11.8 Å². The Labute approximate surface area is 175 Å². The van der Waals surface area contributed by atoms with Crippen LogP contribution in [0, 0.1) is 0 Å². The molecule has 6 nitrogen and oxygen atoms in total. The third kappa shape index (κ3) is 3.89. The monoisotopic (exact) mass is 411 g/mol. The summed E-state index contributed by atoms with van der Waals surface area (Å²) in [6.07, 6.45) is 2.69. The van der Waals surface area contributed by atoms with Gasteiger partial charge in [-0.05, 0) is 53.3 Å². The molecule has 2 aromatic carbocycles. The van der Waals surface area contributed by atoms with Crippen molar-refractivity contribution in [2.24, 2.45) is 0 Å². The molecule has 1 heterocycles. The molecule has 3 aromatic rings. The lowest BCUT2D eigenvalue weighted by molar-refractivity contribution is 0.0697. The number of aromatic carboxylic acids is 1. The Hall–Kier alpha value is -3.12. The predicted octanol–water partition coefficient (Wildman–Crippen LogP) is 4.85. The van der Waals surface area contributed by atoms with Gasteiger partial charge in [0.1, 0.15) is 5.75 Å². The summed E-state index contributed by atoms with van der Waals surface area (Å²) in [5.41, 5.74) is 5.02. The molecule has 0 amide bonds. The summed E-state index contributed by atoms with van der Waals surface area (Å²) in [6.45, 7) is 4.43. The largest absolute Gasteiger partial charge is 0.497 e. The SMILES string of the molecule is COc1ccc2c(c1)-c1nc(Nc3cccc(C(=O)O)c3)ncc1CC2(C)C.Cl. The van der Waals surface area contributed by atoms with Crippen LogP contribution in [0.15, 0.2) is 48.7 Å². The van der Waals surface area contributed by atoms with E-state index in [-0.39, 0.29) is 23.4 Å². The van der Waals surface area contributed by atoms with Crippen LogP contribution in [0.4, 0.5) is 11.6 Å². The molecule has 4 rings (SSSR count). The highest BCUT2D eigenvalue weighted by atomic mass is 35.5. The van der Waals surface area contributed by atoms with Crippen molar-refractivity contribution in [1.29, 1.82) is 0 Å². The summed E-state index contributed by atoms with van der Waals surface area (Å²) in [5.74, 6) is 0.234. The highest BCUT2D eigenvalue weighted by molar-refractivity contribution is 5.89. The van der Waals surface area contributed by atoms with Gasteiger partial charge >= 0.3 is 5.97 Å². The van der Waals surface area contributed by atoms with Gasteiger partial charge < -0.3 is 15.2 Å². The van der Waals surface area contributed by atoms with Crippen LogP contribution in [-0.4, -0.2) is 28.2 Å². The second kappa shape index (κ2) is 7.72. The molecular formula is C22H22ClN3O3. The number of rotatable bonds is 4. The van der Waals surface area contributed by atoms with Crippen LogP contribution in [0.25, 0.3) is 11.3 Å². The first kappa shape index (κ1) is 20.6. The summed E-state index contributed by atoms with van der Waals surface area (Å²) in [5, 5.41) is 12.3. The third-order valence-electron chi connectivity index (χ3n) is 5.07. The van der Waals surface area contributed by atoms with Crippen molar-refractivity contribution < 1.29 is 14.6 Å². The number of methoxy groups -OCH3 is 1. The Balaban J connectivity index is 0.00000240. The fourth-order valence-electron chi connectivity index (χ4n) is 3.70. The van der Waals surface area contributed by atoms with Crippen LogP contribution in [0.3, 0.4) is 0 Å². The third-order valence-corrected chi connectivity index (χ3v) is 5.07. The van der Waals surface area contributed by atoms with Gasteiger partial charge in [-0.2, -0.15) is 0 Å². The number of nitrogens with zero attached hydrogens (tertiary/aromatic N) is 2. The lowest BCUT2D eigenvalue weighted by atomic mass is 9.72. The first-order valence-corrected chi connectivity index (χ1v) is 9.02. The quantitative estimate of drug-likeness (QED) is 0.638. The standard InChI is InChI=1S/C22H21N3O3.ClH/c1-22(2)11-14-12-23-21(24-15-6-4-5-13(9-15)20(26)27)25-19(14)17-10-16(28-3)7-8-18(17)22;/h4-10,12H,11H2,1-3H3,(H,26,27)(H,23,24,25);1H. The van der Waals surface area contributed by atoms with E-state index in [2.05, 4.69) is 30.2 Å². The van der Waals surface area contributed by atoms with Crippen LogP contribution < -0.4 is 10.1 Å². The summed E-state index contributed by atoms with van der Waals surface area (Å²) in [6, 6.07) is 12.7. The molecule has 0 fully saturated rings. The first-order chi connectivity index (χ1) is 13.4. The summed E-state index contributed by atoms with van der Waals surface area (Å²) in [4.78, 5) is 20.4. The maximum Gasteiger partial charge on any atom is 0.335 e. The van der Waals surface area contributed by atoms with Gasteiger partial charge in [-0.1, -0.05) is 26.0 Å². The average Bonchev–Trinajstić information content (AvgIpc) is 2.68. The van der Waals surface area contributed by atoms with Gasteiger partial charge in [0.25, 0.3) is 0 Å². The molecule has 7 heteroatoms. The number of fused-ring (bicyclic) bond motifs is 3. The number of carboxylic acid groups (broad SMARTS) is 1. The van der Waals surface area contributed by atoms with E-state index in [1.807, 2.05) is 18.3 Å². The minimum absolute atomic E-state index is 0. The number of benzene rings is 2. The topological polar surface area (TPSA) is 84.3 Å². The van der Waals surface area contributed by atoms with Crippen molar-refractivity contribution in [2.45, 2.75) is 25.7 Å². The summed E-state index contributed by atoms with van der Waals surface area (Å²) < 4.78 is 5.41. The van der Waals surface area contributed by atoms with Gasteiger partial charge in [-0.15, -0.1) is 12.4 Å². The first-order valence-electron chi connectivity index (χ1n) is 9.02. The van der Waals surface area contributed by atoms with Crippen molar-refractivity contribution in [3.8, 4) is 17.0 Å². The number of nitrogens with one attached hydrogen (secondary N) is 1. The van der Waals surface area contributed by atoms with Gasteiger partial charge in [0.15, 0.2) is 0 Å². The Morgan fingerprint density at radius 1 is 1.21 bits per heavy atom. The van der Waals surface area contributed by atoms with E-state index in [1.54, 1.807) is 31.4 Å². The number of ether oxygens (including phenoxy) is 1. The minimum Gasteiger partial charge on any atom is -0.497 e. The molecule has 0 saturated carbocycles. The fraction of sp³-hybridized carbons (Fsp3) is 0.227. The molecule has 150 valence electrons. The van der Waals surface area contributed by atoms with Crippen molar-refractivity contribution in [2.75, 3.05) is 12.4 Å². The van der Waals surface area contributed by atoms with Crippen LogP contribution in [0.1, 0.15) is 35.3 Å². The van der Waals surface area contributed by atoms with Crippen molar-refractivity contribution in [3.63, 3.8) is 0 Å². The van der Waals surface area contributed by atoms with Crippen molar-refractivity contribution in [1.82, 2.24) is 9.97 Å². The highest BCUT2D eigenvalue weighted by Crippen LogP contribution is 2.43. The number of hydrogen-bond donors (Lipinski definition) is 2. The van der Waals surface area contributed by atoms with E-state index in [1.165, 1.54) is 5.56 Å². The molecule has 1 aliphatic carbocycles.